The van der Waals surface area contributed by atoms with Gasteiger partial charge in [0.1, 0.15) is 16.5 Å². The molecule has 39 heavy (non-hydrogen) atoms. The van der Waals surface area contributed by atoms with E-state index in [9.17, 15) is 23.6 Å². The highest BCUT2D eigenvalue weighted by molar-refractivity contribution is 6.53. The van der Waals surface area contributed by atoms with Gasteiger partial charge in [0.15, 0.2) is 0 Å². The van der Waals surface area contributed by atoms with E-state index in [1.807, 2.05) is 6.92 Å². The summed E-state index contributed by atoms with van der Waals surface area (Å²) < 4.78 is 18.6. The molecule has 0 fully saturated rings. The van der Waals surface area contributed by atoms with Crippen molar-refractivity contribution in [1.29, 1.82) is 0 Å². The number of carbonyl (C=O) groups is 4. The number of benzene rings is 3. The normalized spacial score (nSPS) is 13.1. The summed E-state index contributed by atoms with van der Waals surface area (Å²) in [5, 5.41) is 4.95. The third kappa shape index (κ3) is 6.27. The molecule has 0 bridgehead atoms. The van der Waals surface area contributed by atoms with Crippen molar-refractivity contribution in [3.8, 4) is 0 Å². The molecule has 0 atom stereocenters. The molecule has 1 heterocycles. The van der Waals surface area contributed by atoms with Crippen LogP contribution in [0, 0.1) is 5.82 Å². The third-order valence-corrected chi connectivity index (χ3v) is 6.33. The van der Waals surface area contributed by atoms with Crippen LogP contribution in [0.3, 0.4) is 0 Å². The summed E-state index contributed by atoms with van der Waals surface area (Å²) >= 11 is 12.0. The van der Waals surface area contributed by atoms with Gasteiger partial charge in [0.2, 0.25) is 0 Å². The molecule has 0 aliphatic carbocycles. The van der Waals surface area contributed by atoms with Crippen LogP contribution in [-0.4, -0.2) is 30.3 Å². The molecule has 0 radical (unpaired) electrons. The molecule has 0 unspecified atom stereocenters. The Balaban J connectivity index is 1.46. The van der Waals surface area contributed by atoms with Crippen LogP contribution in [0.15, 0.2) is 77.5 Å². The molecule has 1 aliphatic heterocycles. The molecule has 3 aromatic carbocycles. The van der Waals surface area contributed by atoms with Gasteiger partial charge in [-0.15, -0.1) is 0 Å². The lowest BCUT2D eigenvalue weighted by Gasteiger charge is -2.15. The number of amides is 3. The molecule has 0 aromatic heterocycles. The zero-order chi connectivity index (χ0) is 28.1. The second kappa shape index (κ2) is 12.1. The predicted molar refractivity (Wildman–Crippen MR) is 146 cm³/mol. The molecule has 200 valence electrons. The van der Waals surface area contributed by atoms with Crippen molar-refractivity contribution in [1.82, 2.24) is 0 Å². The van der Waals surface area contributed by atoms with Gasteiger partial charge < -0.3 is 15.4 Å². The number of nitrogens with zero attached hydrogens (tertiary/aromatic N) is 1. The van der Waals surface area contributed by atoms with Crippen LogP contribution >= 0.6 is 23.2 Å². The minimum atomic E-state index is -0.746. The number of hydrogen-bond acceptors (Lipinski definition) is 6. The molecule has 8 nitrogen and oxygen atoms in total. The SMILES string of the molecule is CCCCOC(=O)c1ccc(N2C(=O)C(Cl)=C(Nc3cccc(C(=O)Nc4ccc(F)c(Cl)c4)c3)C2=O)cc1. The maximum atomic E-state index is 13.4. The summed E-state index contributed by atoms with van der Waals surface area (Å²) in [4.78, 5) is 51.7. The molecule has 0 saturated carbocycles. The lowest BCUT2D eigenvalue weighted by atomic mass is 10.1. The Morgan fingerprint density at radius 3 is 2.36 bits per heavy atom. The Labute approximate surface area is 233 Å². The van der Waals surface area contributed by atoms with E-state index in [0.29, 0.717) is 18.0 Å². The Hall–Kier alpha value is -4.21. The molecule has 0 spiro atoms. The molecule has 1 aliphatic rings. The van der Waals surface area contributed by atoms with Crippen molar-refractivity contribution in [2.45, 2.75) is 19.8 Å². The molecule has 4 rings (SSSR count). The highest BCUT2D eigenvalue weighted by Gasteiger charge is 2.39. The van der Waals surface area contributed by atoms with Crippen molar-refractivity contribution >= 4 is 64.0 Å². The van der Waals surface area contributed by atoms with Gasteiger partial charge in [-0.25, -0.2) is 14.1 Å². The van der Waals surface area contributed by atoms with Crippen molar-refractivity contribution in [2.24, 2.45) is 0 Å². The quantitative estimate of drug-likeness (QED) is 0.182. The molecule has 2 N–H and O–H groups in total. The van der Waals surface area contributed by atoms with Gasteiger partial charge in [0.05, 0.1) is 22.9 Å². The Morgan fingerprint density at radius 1 is 0.923 bits per heavy atom. The number of ether oxygens (including phenoxy) is 1. The van der Waals surface area contributed by atoms with Crippen LogP contribution in [0.1, 0.15) is 40.5 Å². The maximum Gasteiger partial charge on any atom is 0.338 e. The molecule has 3 aromatic rings. The van der Waals surface area contributed by atoms with E-state index in [4.69, 9.17) is 27.9 Å². The van der Waals surface area contributed by atoms with Crippen molar-refractivity contribution in [3.05, 3.63) is 99.4 Å². The summed E-state index contributed by atoms with van der Waals surface area (Å²) in [6, 6.07) is 15.7. The highest BCUT2D eigenvalue weighted by atomic mass is 35.5. The average molecular weight is 570 g/mol. The summed E-state index contributed by atoms with van der Waals surface area (Å²) in [7, 11) is 0. The number of imide groups is 1. The van der Waals surface area contributed by atoms with Gasteiger partial charge in [-0.2, -0.15) is 0 Å². The third-order valence-electron chi connectivity index (χ3n) is 5.69. The number of rotatable bonds is 9. The monoisotopic (exact) mass is 569 g/mol. The van der Waals surface area contributed by atoms with Gasteiger partial charge in [0.25, 0.3) is 17.7 Å². The van der Waals surface area contributed by atoms with E-state index in [-0.39, 0.29) is 32.6 Å². The van der Waals surface area contributed by atoms with Gasteiger partial charge in [-0.3, -0.25) is 14.4 Å². The Morgan fingerprint density at radius 2 is 1.67 bits per heavy atom. The number of esters is 1. The summed E-state index contributed by atoms with van der Waals surface area (Å²) in [6.07, 6.45) is 1.63. The number of hydrogen-bond donors (Lipinski definition) is 2. The van der Waals surface area contributed by atoms with E-state index in [1.54, 1.807) is 12.1 Å². The van der Waals surface area contributed by atoms with Crippen molar-refractivity contribution in [2.75, 3.05) is 22.1 Å². The maximum absolute atomic E-state index is 13.4. The lowest BCUT2D eigenvalue weighted by Crippen LogP contribution is -2.32. The molecule has 3 amide bonds. The minimum Gasteiger partial charge on any atom is -0.462 e. The van der Waals surface area contributed by atoms with Crippen LogP contribution in [0.4, 0.5) is 21.5 Å². The fraction of sp³-hybridized carbons (Fsp3) is 0.143. The molecular formula is C28H22Cl2FN3O5. The summed E-state index contributed by atoms with van der Waals surface area (Å²) in [5.74, 6) is -3.08. The van der Waals surface area contributed by atoms with E-state index in [2.05, 4.69) is 10.6 Å². The molecule has 11 heteroatoms. The van der Waals surface area contributed by atoms with E-state index in [1.165, 1.54) is 48.5 Å². The predicted octanol–water partition coefficient (Wildman–Crippen LogP) is 6.12. The summed E-state index contributed by atoms with van der Waals surface area (Å²) in [6.45, 7) is 2.29. The van der Waals surface area contributed by atoms with E-state index in [0.717, 1.165) is 23.8 Å². The Kier molecular flexibility index (Phi) is 8.63. The van der Waals surface area contributed by atoms with Gasteiger partial charge in [-0.1, -0.05) is 42.6 Å². The average Bonchev–Trinajstić information content (AvgIpc) is 3.14. The lowest BCUT2D eigenvalue weighted by molar-refractivity contribution is -0.120. The van der Waals surface area contributed by atoms with Crippen LogP contribution in [0.2, 0.25) is 5.02 Å². The van der Waals surface area contributed by atoms with E-state index >= 15 is 0 Å². The largest absolute Gasteiger partial charge is 0.462 e. The van der Waals surface area contributed by atoms with E-state index < -0.39 is 29.5 Å². The Bertz CT molecular complexity index is 1490. The summed E-state index contributed by atoms with van der Waals surface area (Å²) in [5.41, 5.74) is 1.16. The number of unbranched alkanes of at least 4 members (excludes halogenated alkanes) is 1. The first-order chi connectivity index (χ1) is 18.7. The first-order valence-electron chi connectivity index (χ1n) is 11.9. The van der Waals surface area contributed by atoms with Crippen molar-refractivity contribution < 1.29 is 28.3 Å². The number of nitrogens with one attached hydrogen (secondary N) is 2. The smallest absolute Gasteiger partial charge is 0.338 e. The van der Waals surface area contributed by atoms with Crippen LogP contribution in [-0.2, 0) is 14.3 Å². The van der Waals surface area contributed by atoms with Crippen LogP contribution in [0.25, 0.3) is 0 Å². The number of halogens is 3. The number of carbonyl (C=O) groups excluding carboxylic acids is 4. The minimum absolute atomic E-state index is 0.139. The van der Waals surface area contributed by atoms with Crippen LogP contribution in [0.5, 0.6) is 0 Å². The topological polar surface area (TPSA) is 105 Å². The number of anilines is 3. The second-order valence-electron chi connectivity index (χ2n) is 8.46. The fourth-order valence-corrected chi connectivity index (χ4v) is 4.04. The van der Waals surface area contributed by atoms with Gasteiger partial charge in [-0.05, 0) is 67.1 Å². The standard InChI is InChI=1S/C28H22Cl2FN3O5/c1-2-3-13-39-28(38)16-7-10-20(11-8-16)34-26(36)23(30)24(27(34)37)32-18-6-4-5-17(14-18)25(35)33-19-9-12-22(31)21(29)15-19/h4-12,14-15,32H,2-3,13H2,1H3,(H,33,35). The van der Waals surface area contributed by atoms with Crippen molar-refractivity contribution in [3.63, 3.8) is 0 Å². The molecule has 0 saturated heterocycles. The van der Waals surface area contributed by atoms with Gasteiger partial charge >= 0.3 is 5.97 Å². The second-order valence-corrected chi connectivity index (χ2v) is 9.25. The zero-order valence-electron chi connectivity index (χ0n) is 20.6. The highest BCUT2D eigenvalue weighted by Crippen LogP contribution is 2.30. The van der Waals surface area contributed by atoms with Gasteiger partial charge in [0, 0.05) is 16.9 Å². The zero-order valence-corrected chi connectivity index (χ0v) is 22.1. The molecular weight excluding hydrogens is 548 g/mol. The van der Waals surface area contributed by atoms with Crippen LogP contribution < -0.4 is 15.5 Å². The fourth-order valence-electron chi connectivity index (χ4n) is 3.64. The first kappa shape index (κ1) is 27.8. The first-order valence-corrected chi connectivity index (χ1v) is 12.6.